The average Bonchev–Trinajstić information content (AvgIpc) is 3.22. The molecule has 0 aliphatic heterocycles. The van der Waals surface area contributed by atoms with E-state index in [4.69, 9.17) is 9.05 Å². The van der Waals surface area contributed by atoms with E-state index in [9.17, 15) is 0 Å². The molecule has 0 aromatic heterocycles. The highest BCUT2D eigenvalue weighted by Crippen LogP contribution is 2.52. The lowest BCUT2D eigenvalue weighted by Gasteiger charge is -2.30. The summed E-state index contributed by atoms with van der Waals surface area (Å²) < 4.78 is 27.3. The van der Waals surface area contributed by atoms with Gasteiger partial charge in [-0.1, -0.05) is 182 Å². The smallest absolute Gasteiger partial charge is 0.305 e. The second-order valence-electron chi connectivity index (χ2n) is 12.9. The number of hydrogen-bond acceptors (Lipinski definition) is 3. The zero-order valence-electron chi connectivity index (χ0n) is 30.4. The van der Waals surface area contributed by atoms with Gasteiger partial charge in [0.25, 0.3) is 0 Å². The number of fused-ring (bicyclic) bond motifs is 2. The SMILES string of the molecule is CCOP(=O)(OCC)c1cc(P(c2ccccc2)c2ccccc2)c(-c2c(P(c3ccccc3)c3ccccc3)ccc3ccccc23)c2ccccc12. The van der Waals surface area contributed by atoms with Crippen molar-refractivity contribution in [1.29, 1.82) is 0 Å². The van der Waals surface area contributed by atoms with Crippen LogP contribution in [0, 0.1) is 0 Å². The van der Waals surface area contributed by atoms with Gasteiger partial charge >= 0.3 is 7.60 Å². The van der Waals surface area contributed by atoms with Gasteiger partial charge in [0.15, 0.2) is 0 Å². The Balaban J connectivity index is 1.59. The summed E-state index contributed by atoms with van der Waals surface area (Å²) in [6.45, 7) is 4.28. The highest BCUT2D eigenvalue weighted by atomic mass is 31.2. The highest BCUT2D eigenvalue weighted by Gasteiger charge is 2.34. The molecule has 0 saturated heterocycles. The Labute approximate surface area is 320 Å². The average molecular weight is 759 g/mol. The number of benzene rings is 8. The first-order chi connectivity index (χ1) is 26.6. The molecule has 0 aliphatic carbocycles. The summed E-state index contributed by atoms with van der Waals surface area (Å²) in [5.41, 5.74) is 2.35. The van der Waals surface area contributed by atoms with E-state index in [0.29, 0.717) is 5.30 Å². The van der Waals surface area contributed by atoms with Gasteiger partial charge in [-0.15, -0.1) is 0 Å². The van der Waals surface area contributed by atoms with Crippen molar-refractivity contribution in [1.82, 2.24) is 0 Å². The van der Waals surface area contributed by atoms with Crippen LogP contribution in [0.15, 0.2) is 188 Å². The summed E-state index contributed by atoms with van der Waals surface area (Å²) >= 11 is 0. The van der Waals surface area contributed by atoms with Crippen molar-refractivity contribution in [2.24, 2.45) is 0 Å². The van der Waals surface area contributed by atoms with Crippen LogP contribution >= 0.6 is 23.4 Å². The van der Waals surface area contributed by atoms with Crippen LogP contribution in [0.3, 0.4) is 0 Å². The van der Waals surface area contributed by atoms with E-state index in [1.54, 1.807) is 0 Å². The Kier molecular flexibility index (Phi) is 11.0. The molecule has 0 unspecified atom stereocenters. The molecule has 8 aromatic rings. The molecule has 266 valence electrons. The lowest BCUT2D eigenvalue weighted by atomic mass is 9.93. The van der Waals surface area contributed by atoms with E-state index in [-0.39, 0.29) is 13.2 Å². The summed E-state index contributed by atoms with van der Waals surface area (Å²) in [4.78, 5) is 0. The monoisotopic (exact) mass is 758 g/mol. The van der Waals surface area contributed by atoms with Gasteiger partial charge < -0.3 is 9.05 Å². The molecule has 3 nitrogen and oxygen atoms in total. The van der Waals surface area contributed by atoms with Crippen LogP contribution in [0.2, 0.25) is 0 Å². The number of rotatable bonds is 12. The molecule has 0 radical (unpaired) electrons. The van der Waals surface area contributed by atoms with Gasteiger partial charge in [0.2, 0.25) is 0 Å². The van der Waals surface area contributed by atoms with Gasteiger partial charge in [-0.3, -0.25) is 4.57 Å². The minimum absolute atomic E-state index is 0.265. The molecule has 0 heterocycles. The summed E-state index contributed by atoms with van der Waals surface area (Å²) in [6, 6.07) is 67.3. The van der Waals surface area contributed by atoms with Gasteiger partial charge in [-0.05, 0) is 100 Å². The van der Waals surface area contributed by atoms with E-state index in [0.717, 1.165) is 21.6 Å². The molecule has 0 fully saturated rings. The molecular formula is C48H41O3P3. The predicted molar refractivity (Wildman–Crippen MR) is 235 cm³/mol. The van der Waals surface area contributed by atoms with E-state index >= 15 is 4.57 Å². The van der Waals surface area contributed by atoms with E-state index in [2.05, 4.69) is 182 Å². The van der Waals surface area contributed by atoms with Crippen LogP contribution in [0.4, 0.5) is 0 Å². The standard InChI is InChI=1S/C48H41O3P3/c1-3-50-54(49,51-4-2)46-35-45(53(39-26-13-7-14-27-39)40-28-15-8-16-29-40)48(43-32-20-19-31-42(43)46)47-41-30-18-17-21-36(41)33-34-44(47)52(37-22-9-5-10-23-37)38-24-11-6-12-25-38/h5-35H,3-4H2,1-2H3. The molecule has 0 N–H and O–H groups in total. The third-order valence-corrected chi connectivity index (χ3v) is 16.7. The van der Waals surface area contributed by atoms with Crippen LogP contribution in [0.1, 0.15) is 13.8 Å². The Bertz CT molecular complexity index is 2470. The van der Waals surface area contributed by atoms with Gasteiger partial charge in [0, 0.05) is 0 Å². The van der Waals surface area contributed by atoms with Crippen molar-refractivity contribution in [3.05, 3.63) is 188 Å². The third-order valence-electron chi connectivity index (χ3n) is 9.59. The minimum Gasteiger partial charge on any atom is -0.305 e. The van der Waals surface area contributed by atoms with Crippen LogP contribution in [0.5, 0.6) is 0 Å². The molecule has 8 aromatic carbocycles. The van der Waals surface area contributed by atoms with Crippen molar-refractivity contribution in [3.63, 3.8) is 0 Å². The summed E-state index contributed by atoms with van der Waals surface area (Å²) in [6.07, 6.45) is 0. The normalized spacial score (nSPS) is 11.9. The summed E-state index contributed by atoms with van der Waals surface area (Å²) in [5.74, 6) is 0. The maximum Gasteiger partial charge on any atom is 0.361 e. The van der Waals surface area contributed by atoms with Crippen LogP contribution in [0.25, 0.3) is 32.7 Å². The molecule has 6 heteroatoms. The Hall–Kier alpha value is -4.71. The fourth-order valence-corrected chi connectivity index (χ4v) is 14.3. The fraction of sp³-hybridized carbons (Fsp3) is 0.0833. The molecule has 8 rings (SSSR count). The van der Waals surface area contributed by atoms with E-state index in [1.165, 1.54) is 42.9 Å². The molecule has 0 atom stereocenters. The molecular weight excluding hydrogens is 717 g/mol. The fourth-order valence-electron chi connectivity index (χ4n) is 7.40. The van der Waals surface area contributed by atoms with Gasteiger partial charge in [0.1, 0.15) is 0 Å². The first kappa shape index (κ1) is 36.3. The van der Waals surface area contributed by atoms with Crippen molar-refractivity contribution < 1.29 is 13.6 Å². The Morgan fingerprint density at radius 1 is 0.426 bits per heavy atom. The van der Waals surface area contributed by atoms with Crippen molar-refractivity contribution in [2.75, 3.05) is 13.2 Å². The summed E-state index contributed by atoms with van der Waals surface area (Å²) in [7, 11) is -5.90. The molecule has 0 bridgehead atoms. The molecule has 0 spiro atoms. The lowest BCUT2D eigenvalue weighted by molar-refractivity contribution is 0.230. The largest absolute Gasteiger partial charge is 0.361 e. The van der Waals surface area contributed by atoms with Gasteiger partial charge in [-0.2, -0.15) is 0 Å². The lowest BCUT2D eigenvalue weighted by Crippen LogP contribution is -2.28. The zero-order valence-corrected chi connectivity index (χ0v) is 33.1. The Morgan fingerprint density at radius 2 is 0.815 bits per heavy atom. The maximum atomic E-state index is 15.0. The van der Waals surface area contributed by atoms with Crippen LogP contribution in [-0.4, -0.2) is 13.2 Å². The second kappa shape index (κ2) is 16.3. The molecule has 0 amide bonds. The molecule has 54 heavy (non-hydrogen) atoms. The van der Waals surface area contributed by atoms with Crippen molar-refractivity contribution in [3.8, 4) is 11.1 Å². The van der Waals surface area contributed by atoms with E-state index < -0.39 is 23.4 Å². The topological polar surface area (TPSA) is 35.5 Å². The zero-order chi connectivity index (χ0) is 36.9. The Morgan fingerprint density at radius 3 is 1.30 bits per heavy atom. The van der Waals surface area contributed by atoms with E-state index in [1.807, 2.05) is 19.9 Å². The van der Waals surface area contributed by atoms with Gasteiger partial charge in [-0.25, -0.2) is 0 Å². The summed E-state index contributed by atoms with van der Waals surface area (Å²) in [5, 5.41) is 12.2. The first-order valence-corrected chi connectivity index (χ1v) is 22.6. The number of hydrogen-bond donors (Lipinski definition) is 0. The molecule has 0 aliphatic rings. The highest BCUT2D eigenvalue weighted by molar-refractivity contribution is 7.81. The van der Waals surface area contributed by atoms with Crippen LogP contribution in [-0.2, 0) is 13.6 Å². The minimum atomic E-state index is -3.74. The first-order valence-electron chi connectivity index (χ1n) is 18.4. The maximum absolute atomic E-state index is 15.0. The van der Waals surface area contributed by atoms with Crippen molar-refractivity contribution >= 4 is 82.1 Å². The van der Waals surface area contributed by atoms with Crippen molar-refractivity contribution in [2.45, 2.75) is 13.8 Å². The third kappa shape index (κ3) is 7.00. The quantitative estimate of drug-likeness (QED) is 0.116. The van der Waals surface area contributed by atoms with Crippen LogP contribution < -0.4 is 37.1 Å². The van der Waals surface area contributed by atoms with Gasteiger partial charge in [0.05, 0.1) is 18.5 Å². The predicted octanol–water partition coefficient (Wildman–Crippen LogP) is 10.1. The second-order valence-corrected chi connectivity index (χ2v) is 19.2. The molecule has 0 saturated carbocycles.